The van der Waals surface area contributed by atoms with Gasteiger partial charge in [0.25, 0.3) is 0 Å². The van der Waals surface area contributed by atoms with E-state index in [0.29, 0.717) is 0 Å². The molecular weight excluding hydrogens is 352 g/mol. The first kappa shape index (κ1) is 15.6. The lowest BCUT2D eigenvalue weighted by Crippen LogP contribution is -1.94. The first-order chi connectivity index (χ1) is 11.2. The summed E-state index contributed by atoms with van der Waals surface area (Å²) in [7, 11) is 1.67. The van der Waals surface area contributed by atoms with E-state index < -0.39 is 0 Å². The van der Waals surface area contributed by atoms with Gasteiger partial charge >= 0.3 is 0 Å². The number of aromatic nitrogens is 1. The zero-order valence-electron chi connectivity index (χ0n) is 13.0. The van der Waals surface area contributed by atoms with E-state index in [2.05, 4.69) is 44.7 Å². The number of hydrogen-bond donors (Lipinski definition) is 0. The van der Waals surface area contributed by atoms with E-state index in [4.69, 9.17) is 4.74 Å². The number of aryl methyl sites for hydroxylation is 1. The van der Waals surface area contributed by atoms with Gasteiger partial charge in [0.05, 0.1) is 12.8 Å². The number of rotatable bonds is 4. The Morgan fingerprint density at radius 2 is 1.83 bits per heavy atom. The van der Waals surface area contributed by atoms with Gasteiger partial charge in [0.1, 0.15) is 5.75 Å². The Morgan fingerprint density at radius 3 is 2.52 bits per heavy atom. The third kappa shape index (κ3) is 3.54. The number of methoxy groups -OCH3 is 1. The van der Waals surface area contributed by atoms with Gasteiger partial charge in [0.15, 0.2) is 0 Å². The van der Waals surface area contributed by atoms with Gasteiger partial charge in [-0.05, 0) is 65.3 Å². The van der Waals surface area contributed by atoms with Crippen LogP contribution in [0.5, 0.6) is 5.75 Å². The molecule has 0 radical (unpaired) electrons. The van der Waals surface area contributed by atoms with E-state index in [-0.39, 0.29) is 0 Å². The Labute approximate surface area is 144 Å². The van der Waals surface area contributed by atoms with Crippen molar-refractivity contribution in [2.24, 2.45) is 4.99 Å². The molecule has 0 N–H and O–H groups in total. The molecule has 0 unspecified atom stereocenters. The van der Waals surface area contributed by atoms with Crippen molar-refractivity contribution in [1.29, 1.82) is 0 Å². The molecule has 3 nitrogen and oxygen atoms in total. The Morgan fingerprint density at radius 1 is 1.09 bits per heavy atom. The lowest BCUT2D eigenvalue weighted by molar-refractivity contribution is 0.414. The summed E-state index contributed by atoms with van der Waals surface area (Å²) in [5.41, 5.74) is 4.24. The second-order valence-electron chi connectivity index (χ2n) is 5.19. The molecule has 0 aliphatic rings. The van der Waals surface area contributed by atoms with Crippen LogP contribution in [0.3, 0.4) is 0 Å². The predicted molar refractivity (Wildman–Crippen MR) is 98.5 cm³/mol. The Kier molecular flexibility index (Phi) is 4.63. The third-order valence-corrected chi connectivity index (χ3v) is 4.26. The molecule has 0 aliphatic carbocycles. The third-order valence-electron chi connectivity index (χ3n) is 3.59. The van der Waals surface area contributed by atoms with Crippen LogP contribution in [0, 0.1) is 6.92 Å². The Bertz CT molecular complexity index is 835. The number of halogens is 1. The van der Waals surface area contributed by atoms with Crippen molar-refractivity contribution in [1.82, 2.24) is 4.57 Å². The van der Waals surface area contributed by atoms with Gasteiger partial charge in [-0.25, -0.2) is 0 Å². The van der Waals surface area contributed by atoms with Crippen molar-refractivity contribution in [2.75, 3.05) is 7.11 Å². The fourth-order valence-electron chi connectivity index (χ4n) is 2.39. The minimum atomic E-state index is 0.856. The van der Waals surface area contributed by atoms with Crippen LogP contribution in [0.25, 0.3) is 5.69 Å². The number of aliphatic imine (C=N–C) groups is 1. The van der Waals surface area contributed by atoms with Crippen LogP contribution in [-0.2, 0) is 0 Å². The predicted octanol–water partition coefficient (Wildman–Crippen LogP) is 5.31. The molecule has 4 heteroatoms. The van der Waals surface area contributed by atoms with Gasteiger partial charge in [0, 0.05) is 33.8 Å². The lowest BCUT2D eigenvalue weighted by atomic mass is 10.3. The quantitative estimate of drug-likeness (QED) is 0.573. The smallest absolute Gasteiger partial charge is 0.119 e. The number of hydrogen-bond acceptors (Lipinski definition) is 2. The minimum absolute atomic E-state index is 0.856. The second kappa shape index (κ2) is 6.84. The summed E-state index contributed by atoms with van der Waals surface area (Å²) in [4.78, 5) is 4.55. The van der Waals surface area contributed by atoms with E-state index >= 15 is 0 Å². The van der Waals surface area contributed by atoms with Gasteiger partial charge in [-0.15, -0.1) is 0 Å². The van der Waals surface area contributed by atoms with Gasteiger partial charge in [-0.3, -0.25) is 4.99 Å². The van der Waals surface area contributed by atoms with Gasteiger partial charge in [-0.1, -0.05) is 12.1 Å². The molecule has 0 saturated heterocycles. The van der Waals surface area contributed by atoms with Crippen LogP contribution >= 0.6 is 15.9 Å². The summed E-state index contributed by atoms with van der Waals surface area (Å²) in [5.74, 6) is 0.856. The average molecular weight is 369 g/mol. The van der Waals surface area contributed by atoms with Gasteiger partial charge < -0.3 is 9.30 Å². The van der Waals surface area contributed by atoms with Crippen LogP contribution < -0.4 is 4.74 Å². The highest BCUT2D eigenvalue weighted by Gasteiger charge is 2.04. The van der Waals surface area contributed by atoms with Crippen molar-refractivity contribution >= 4 is 27.8 Å². The maximum atomic E-state index is 5.20. The molecule has 0 fully saturated rings. The summed E-state index contributed by atoms with van der Waals surface area (Å²) < 4.78 is 8.33. The summed E-state index contributed by atoms with van der Waals surface area (Å²) in [6.45, 7) is 2.08. The molecule has 1 aromatic heterocycles. The highest BCUT2D eigenvalue weighted by atomic mass is 79.9. The summed E-state index contributed by atoms with van der Waals surface area (Å²) in [6.07, 6.45) is 3.96. The molecule has 0 atom stereocenters. The molecule has 0 spiro atoms. The SMILES string of the molecule is COc1ccc(-n2cc(C=Nc3ccccc3Br)cc2C)cc1. The monoisotopic (exact) mass is 368 g/mol. The molecule has 2 aromatic carbocycles. The number of ether oxygens (including phenoxy) is 1. The van der Waals surface area contributed by atoms with Crippen LogP contribution in [-0.4, -0.2) is 17.9 Å². The Hall–Kier alpha value is -2.33. The zero-order chi connectivity index (χ0) is 16.2. The number of para-hydroxylation sites is 1. The Balaban J connectivity index is 1.87. The molecule has 3 aromatic rings. The average Bonchev–Trinajstić information content (AvgIpc) is 2.95. The van der Waals surface area contributed by atoms with E-state index in [9.17, 15) is 0 Å². The van der Waals surface area contributed by atoms with Crippen molar-refractivity contribution < 1.29 is 4.74 Å². The van der Waals surface area contributed by atoms with E-state index in [0.717, 1.165) is 32.9 Å². The van der Waals surface area contributed by atoms with Crippen molar-refractivity contribution in [3.63, 3.8) is 0 Å². The van der Waals surface area contributed by atoms with Crippen LogP contribution in [0.15, 0.2) is 70.3 Å². The molecule has 0 saturated carbocycles. The standard InChI is InChI=1S/C19H17BrN2O/c1-14-11-15(12-21-19-6-4-3-5-18(19)20)13-22(14)16-7-9-17(23-2)10-8-16/h3-13H,1-2H3. The fraction of sp³-hybridized carbons (Fsp3) is 0.105. The summed E-state index contributed by atoms with van der Waals surface area (Å²) in [5, 5.41) is 0. The zero-order valence-corrected chi connectivity index (χ0v) is 14.6. The van der Waals surface area contributed by atoms with Gasteiger partial charge in [-0.2, -0.15) is 0 Å². The topological polar surface area (TPSA) is 26.5 Å². The normalized spacial score (nSPS) is 11.1. The second-order valence-corrected chi connectivity index (χ2v) is 6.05. The highest BCUT2D eigenvalue weighted by molar-refractivity contribution is 9.10. The molecule has 0 aliphatic heterocycles. The van der Waals surface area contributed by atoms with Crippen LogP contribution in [0.1, 0.15) is 11.3 Å². The van der Waals surface area contributed by atoms with Crippen LogP contribution in [0.2, 0.25) is 0 Å². The fourth-order valence-corrected chi connectivity index (χ4v) is 2.78. The lowest BCUT2D eigenvalue weighted by Gasteiger charge is -2.06. The molecule has 3 rings (SSSR count). The molecule has 116 valence electrons. The van der Waals surface area contributed by atoms with Crippen molar-refractivity contribution in [3.05, 3.63) is 76.5 Å². The number of benzene rings is 2. The van der Waals surface area contributed by atoms with Gasteiger partial charge in [0.2, 0.25) is 0 Å². The van der Waals surface area contributed by atoms with E-state index in [1.807, 2.05) is 54.7 Å². The van der Waals surface area contributed by atoms with Crippen molar-refractivity contribution in [3.8, 4) is 11.4 Å². The molecule has 23 heavy (non-hydrogen) atoms. The van der Waals surface area contributed by atoms with E-state index in [1.54, 1.807) is 7.11 Å². The first-order valence-corrected chi connectivity index (χ1v) is 8.08. The number of nitrogens with zero attached hydrogens (tertiary/aromatic N) is 2. The van der Waals surface area contributed by atoms with E-state index in [1.165, 1.54) is 0 Å². The van der Waals surface area contributed by atoms with Crippen LogP contribution in [0.4, 0.5) is 5.69 Å². The minimum Gasteiger partial charge on any atom is -0.497 e. The largest absolute Gasteiger partial charge is 0.497 e. The summed E-state index contributed by atoms with van der Waals surface area (Å²) >= 11 is 3.51. The molecule has 0 bridgehead atoms. The molecular formula is C19H17BrN2O. The summed E-state index contributed by atoms with van der Waals surface area (Å²) in [6, 6.07) is 18.0. The van der Waals surface area contributed by atoms with Crippen molar-refractivity contribution in [2.45, 2.75) is 6.92 Å². The maximum absolute atomic E-state index is 5.20. The maximum Gasteiger partial charge on any atom is 0.119 e. The highest BCUT2D eigenvalue weighted by Crippen LogP contribution is 2.24. The molecule has 1 heterocycles. The first-order valence-electron chi connectivity index (χ1n) is 7.29. The molecule has 0 amide bonds.